The fourth-order valence-electron chi connectivity index (χ4n) is 2.65. The minimum Gasteiger partial charge on any atom is -0.489 e. The van der Waals surface area contributed by atoms with Gasteiger partial charge in [0.15, 0.2) is 0 Å². The molecular formula is C22H21ClFN5O2. The molecule has 1 N–H and O–H groups in total. The van der Waals surface area contributed by atoms with Crippen molar-refractivity contribution in [2.45, 2.75) is 39.0 Å². The highest BCUT2D eigenvalue weighted by molar-refractivity contribution is 6.31. The number of nitrogens with zero attached hydrogens (tertiary/aromatic N) is 4. The summed E-state index contributed by atoms with van der Waals surface area (Å²) in [6, 6.07) is 11.4. The van der Waals surface area contributed by atoms with Gasteiger partial charge < -0.3 is 10.1 Å². The molecule has 0 aliphatic carbocycles. The van der Waals surface area contributed by atoms with E-state index >= 15 is 0 Å². The van der Waals surface area contributed by atoms with E-state index in [9.17, 15) is 9.18 Å². The molecule has 0 fully saturated rings. The van der Waals surface area contributed by atoms with Gasteiger partial charge in [-0.15, -0.1) is 16.6 Å². The summed E-state index contributed by atoms with van der Waals surface area (Å²) >= 11 is 6.01. The number of ether oxygens (including phenoxy) is 1. The Morgan fingerprint density at radius 1 is 1.32 bits per heavy atom. The highest BCUT2D eigenvalue weighted by Crippen LogP contribution is 2.23. The Hall–Kier alpha value is -3.44. The van der Waals surface area contributed by atoms with Gasteiger partial charge >= 0.3 is 0 Å². The van der Waals surface area contributed by atoms with E-state index in [0.717, 1.165) is 0 Å². The highest BCUT2D eigenvalue weighted by Gasteiger charge is 2.21. The van der Waals surface area contributed by atoms with Crippen LogP contribution < -0.4 is 10.1 Å². The lowest BCUT2D eigenvalue weighted by molar-refractivity contribution is -0.123. The van der Waals surface area contributed by atoms with Crippen molar-refractivity contribution in [3.05, 3.63) is 58.9 Å². The third-order valence-electron chi connectivity index (χ3n) is 4.74. The lowest BCUT2D eigenvalue weighted by Gasteiger charge is -2.22. The molecule has 9 heteroatoms. The third-order valence-corrected chi connectivity index (χ3v) is 5.09. The number of amides is 1. The first-order valence-electron chi connectivity index (χ1n) is 9.56. The zero-order valence-corrected chi connectivity index (χ0v) is 17.9. The molecule has 0 bridgehead atoms. The van der Waals surface area contributed by atoms with Crippen molar-refractivity contribution in [3.63, 3.8) is 0 Å². The molecule has 3 rings (SSSR count). The summed E-state index contributed by atoms with van der Waals surface area (Å²) in [6.07, 6.45) is 6.07. The molecule has 0 saturated heterocycles. The molecule has 1 unspecified atom stereocenters. The van der Waals surface area contributed by atoms with Crippen LogP contribution in [-0.2, 0) is 17.9 Å². The third kappa shape index (κ3) is 5.58. The van der Waals surface area contributed by atoms with Crippen LogP contribution in [0.5, 0.6) is 5.75 Å². The molecule has 3 aromatic rings. The van der Waals surface area contributed by atoms with Gasteiger partial charge in [-0.05, 0) is 55.0 Å². The number of nitrogens with one attached hydrogen (secondary N) is 1. The van der Waals surface area contributed by atoms with Gasteiger partial charge in [0.05, 0.1) is 10.6 Å². The largest absolute Gasteiger partial charge is 0.489 e. The summed E-state index contributed by atoms with van der Waals surface area (Å²) in [6.45, 7) is 3.57. The molecule has 1 aromatic heterocycles. The van der Waals surface area contributed by atoms with E-state index in [1.54, 1.807) is 37.3 Å². The second kappa shape index (κ2) is 9.58. The van der Waals surface area contributed by atoms with Gasteiger partial charge in [0, 0.05) is 11.1 Å². The van der Waals surface area contributed by atoms with Crippen molar-refractivity contribution in [3.8, 4) is 29.5 Å². The molecule has 1 heterocycles. The predicted molar refractivity (Wildman–Crippen MR) is 115 cm³/mol. The van der Waals surface area contributed by atoms with E-state index in [4.69, 9.17) is 22.8 Å². The molecule has 160 valence electrons. The Morgan fingerprint density at radius 3 is 2.71 bits per heavy atom. The number of carbonyl (C=O) groups excluding carboxylic acids is 1. The molecule has 0 radical (unpaired) electrons. The summed E-state index contributed by atoms with van der Waals surface area (Å²) in [4.78, 5) is 13.4. The number of hydrogen-bond donors (Lipinski definition) is 1. The van der Waals surface area contributed by atoms with E-state index in [2.05, 4.69) is 26.6 Å². The van der Waals surface area contributed by atoms with Crippen LogP contribution in [0.15, 0.2) is 42.5 Å². The average Bonchev–Trinajstić information content (AvgIpc) is 3.22. The van der Waals surface area contributed by atoms with Crippen LogP contribution in [0.2, 0.25) is 5.02 Å². The van der Waals surface area contributed by atoms with E-state index < -0.39 is 11.4 Å². The summed E-state index contributed by atoms with van der Waals surface area (Å²) in [7, 11) is 0. The van der Waals surface area contributed by atoms with E-state index in [0.29, 0.717) is 34.1 Å². The second-order valence-corrected chi connectivity index (χ2v) is 7.44. The monoisotopic (exact) mass is 441 g/mol. The average molecular weight is 442 g/mol. The smallest absolute Gasteiger partial charge is 0.244 e. The summed E-state index contributed by atoms with van der Waals surface area (Å²) in [5.41, 5.74) is 0.258. The van der Waals surface area contributed by atoms with Gasteiger partial charge in [-0.3, -0.25) is 4.79 Å². The number of rotatable bonds is 8. The van der Waals surface area contributed by atoms with E-state index in [-0.39, 0.29) is 19.1 Å². The van der Waals surface area contributed by atoms with Crippen LogP contribution in [-0.4, -0.2) is 31.7 Å². The Morgan fingerprint density at radius 2 is 2.06 bits per heavy atom. The van der Waals surface area contributed by atoms with Crippen LogP contribution in [0.25, 0.3) is 11.4 Å². The minimum atomic E-state index is -0.719. The lowest BCUT2D eigenvalue weighted by Crippen LogP contribution is -2.45. The summed E-state index contributed by atoms with van der Waals surface area (Å²) < 4.78 is 19.4. The van der Waals surface area contributed by atoms with Crippen molar-refractivity contribution in [1.82, 2.24) is 25.5 Å². The van der Waals surface area contributed by atoms with Gasteiger partial charge in [0.1, 0.15) is 24.7 Å². The number of benzene rings is 2. The van der Waals surface area contributed by atoms with Crippen molar-refractivity contribution < 1.29 is 13.9 Å². The maximum atomic E-state index is 13.8. The van der Waals surface area contributed by atoms with Gasteiger partial charge in [0.25, 0.3) is 0 Å². The number of carbonyl (C=O) groups is 1. The molecule has 2 aromatic carbocycles. The fraction of sp³-hybridized carbons (Fsp3) is 0.273. The molecule has 0 aliphatic rings. The molecule has 0 spiro atoms. The maximum absolute atomic E-state index is 13.8. The summed E-state index contributed by atoms with van der Waals surface area (Å²) in [5.74, 6) is 2.73. The Balaban J connectivity index is 1.61. The van der Waals surface area contributed by atoms with Crippen LogP contribution in [0, 0.1) is 18.2 Å². The van der Waals surface area contributed by atoms with Gasteiger partial charge in [-0.2, -0.15) is 4.80 Å². The van der Waals surface area contributed by atoms with Gasteiger partial charge in [-0.25, -0.2) is 4.39 Å². The van der Waals surface area contributed by atoms with Crippen molar-refractivity contribution in [2.75, 3.05) is 0 Å². The minimum absolute atomic E-state index is 0.00271. The Kier molecular flexibility index (Phi) is 6.88. The number of aromatic nitrogens is 4. The zero-order chi connectivity index (χ0) is 22.4. The normalized spacial score (nSPS) is 12.6. The highest BCUT2D eigenvalue weighted by atomic mass is 35.5. The van der Waals surface area contributed by atoms with Crippen molar-refractivity contribution in [1.29, 1.82) is 0 Å². The van der Waals surface area contributed by atoms with Crippen LogP contribution in [0.3, 0.4) is 0 Å². The van der Waals surface area contributed by atoms with E-state index in [1.165, 1.54) is 16.9 Å². The molecule has 1 atom stereocenters. The van der Waals surface area contributed by atoms with Crippen LogP contribution in [0.4, 0.5) is 4.39 Å². The number of tetrazole rings is 1. The predicted octanol–water partition coefficient (Wildman–Crippen LogP) is 3.63. The first-order valence-corrected chi connectivity index (χ1v) is 9.94. The number of terminal acetylenes is 1. The summed E-state index contributed by atoms with van der Waals surface area (Å²) in [5, 5.41) is 15.2. The van der Waals surface area contributed by atoms with Gasteiger partial charge in [-0.1, -0.05) is 30.5 Å². The fourth-order valence-corrected chi connectivity index (χ4v) is 2.87. The quantitative estimate of drug-likeness (QED) is 0.540. The second-order valence-electron chi connectivity index (χ2n) is 7.03. The maximum Gasteiger partial charge on any atom is 0.244 e. The van der Waals surface area contributed by atoms with E-state index in [1.807, 2.05) is 6.92 Å². The number of hydrogen-bond acceptors (Lipinski definition) is 5. The first kappa shape index (κ1) is 22.2. The van der Waals surface area contributed by atoms with Crippen LogP contribution in [0.1, 0.15) is 25.8 Å². The van der Waals surface area contributed by atoms with Crippen LogP contribution >= 0.6 is 11.6 Å². The first-order chi connectivity index (χ1) is 14.8. The lowest BCUT2D eigenvalue weighted by atomic mass is 10.0. The Labute approximate surface area is 184 Å². The topological polar surface area (TPSA) is 81.9 Å². The molecule has 1 amide bonds. The molecule has 0 aliphatic heterocycles. The molecule has 7 nitrogen and oxygen atoms in total. The Bertz CT molecular complexity index is 1090. The molecule has 31 heavy (non-hydrogen) atoms. The van der Waals surface area contributed by atoms with Crippen molar-refractivity contribution in [2.24, 2.45) is 0 Å². The molecular weight excluding hydrogens is 421 g/mol. The van der Waals surface area contributed by atoms with Gasteiger partial charge in [0.2, 0.25) is 11.7 Å². The standard InChI is InChI=1S/C22H21ClFN5O2/c1-4-22(3,5-2)25-20(30)13-29-27-21(26-28-29)15-9-11-16(12-10-15)31-14-17-18(23)7-6-8-19(17)24/h1,6-12H,5,13-14H2,2-3H3,(H,25,30). The zero-order valence-electron chi connectivity index (χ0n) is 17.1. The SMILES string of the molecule is C#CC(C)(CC)NC(=O)Cn1nnc(-c2ccc(OCc3c(F)cccc3Cl)cc2)n1. The molecule has 0 saturated carbocycles. The number of halogens is 2. The van der Waals surface area contributed by atoms with Crippen molar-refractivity contribution >= 4 is 17.5 Å².